The summed E-state index contributed by atoms with van der Waals surface area (Å²) in [5.74, 6) is -1.46. The maximum absolute atomic E-state index is 12.6. The molecule has 0 spiro atoms. The third-order valence-corrected chi connectivity index (χ3v) is 2.83. The Balaban J connectivity index is 2.17. The number of carbonyl (C=O) groups is 1. The van der Waals surface area contributed by atoms with Gasteiger partial charge in [-0.25, -0.2) is 14.8 Å². The molecule has 1 aromatic heterocycles. The summed E-state index contributed by atoms with van der Waals surface area (Å²) >= 11 is 5.72. The number of nitrogens with two attached hydrogens (primary N) is 1. The van der Waals surface area contributed by atoms with Crippen molar-refractivity contribution in [3.8, 4) is 0 Å². The van der Waals surface area contributed by atoms with Crippen LogP contribution in [0.2, 0.25) is 5.15 Å². The molecule has 0 saturated carbocycles. The van der Waals surface area contributed by atoms with Crippen molar-refractivity contribution in [1.29, 1.82) is 0 Å². The minimum Gasteiger partial charge on any atom is -0.379 e. The first-order chi connectivity index (χ1) is 10.8. The van der Waals surface area contributed by atoms with Gasteiger partial charge in [-0.15, -0.1) is 0 Å². The first-order valence-corrected chi connectivity index (χ1v) is 6.36. The molecule has 0 aliphatic carbocycles. The van der Waals surface area contributed by atoms with Gasteiger partial charge in [0.05, 0.1) is 11.1 Å². The zero-order valence-corrected chi connectivity index (χ0v) is 12.0. The van der Waals surface area contributed by atoms with Gasteiger partial charge in [0.2, 0.25) is 0 Å². The highest BCUT2D eigenvalue weighted by molar-refractivity contribution is 6.32. The van der Waals surface area contributed by atoms with Crippen LogP contribution in [-0.2, 0) is 11.0 Å². The number of alkyl halides is 3. The Kier molecular flexibility index (Phi) is 4.80. The molecule has 0 bridgehead atoms. The second kappa shape index (κ2) is 6.61. The number of nitrogens with zero attached hydrogens (tertiary/aromatic N) is 3. The summed E-state index contributed by atoms with van der Waals surface area (Å²) in [4.78, 5) is 23.7. The Morgan fingerprint density at radius 2 is 1.96 bits per heavy atom. The van der Waals surface area contributed by atoms with Crippen molar-refractivity contribution in [3.63, 3.8) is 0 Å². The summed E-state index contributed by atoms with van der Waals surface area (Å²) in [5.41, 5.74) is 4.19. The first-order valence-electron chi connectivity index (χ1n) is 5.98. The van der Waals surface area contributed by atoms with Crippen molar-refractivity contribution in [2.24, 2.45) is 10.9 Å². The third-order valence-electron chi connectivity index (χ3n) is 2.55. The normalized spacial score (nSPS) is 12.1. The summed E-state index contributed by atoms with van der Waals surface area (Å²) in [6, 6.07) is 3.70. The molecule has 2 aromatic rings. The Labute approximate surface area is 132 Å². The van der Waals surface area contributed by atoms with Crippen molar-refractivity contribution in [3.05, 3.63) is 58.6 Å². The predicted octanol–water partition coefficient (Wildman–Crippen LogP) is 2.63. The fourth-order valence-electron chi connectivity index (χ4n) is 1.50. The SMILES string of the molecule is N/C(=N\OC(=O)c1cccc(C(F)(F)F)c1)c1nccnc1Cl. The van der Waals surface area contributed by atoms with E-state index in [2.05, 4.69) is 20.0 Å². The van der Waals surface area contributed by atoms with Crippen LogP contribution in [0.5, 0.6) is 0 Å². The van der Waals surface area contributed by atoms with E-state index in [0.717, 1.165) is 18.2 Å². The molecule has 0 atom stereocenters. The second-order valence-electron chi connectivity index (χ2n) is 4.13. The number of carbonyl (C=O) groups excluding carboxylic acids is 1. The van der Waals surface area contributed by atoms with Crippen LogP contribution in [0.3, 0.4) is 0 Å². The van der Waals surface area contributed by atoms with E-state index in [4.69, 9.17) is 17.3 Å². The van der Waals surface area contributed by atoms with Gasteiger partial charge >= 0.3 is 12.1 Å². The molecule has 120 valence electrons. The van der Waals surface area contributed by atoms with Crippen molar-refractivity contribution >= 4 is 23.4 Å². The second-order valence-corrected chi connectivity index (χ2v) is 4.49. The van der Waals surface area contributed by atoms with Crippen molar-refractivity contribution < 1.29 is 22.8 Å². The molecule has 6 nitrogen and oxygen atoms in total. The van der Waals surface area contributed by atoms with E-state index < -0.39 is 17.7 Å². The van der Waals surface area contributed by atoms with E-state index in [0.29, 0.717) is 6.07 Å². The molecule has 2 N–H and O–H groups in total. The highest BCUT2D eigenvalue weighted by Crippen LogP contribution is 2.29. The first kappa shape index (κ1) is 16.7. The lowest BCUT2D eigenvalue weighted by Crippen LogP contribution is -2.18. The minimum absolute atomic E-state index is 0.0222. The van der Waals surface area contributed by atoms with Crippen molar-refractivity contribution in [1.82, 2.24) is 9.97 Å². The van der Waals surface area contributed by atoms with Crippen LogP contribution in [0.1, 0.15) is 21.6 Å². The van der Waals surface area contributed by atoms with Crippen LogP contribution in [0.4, 0.5) is 13.2 Å². The largest absolute Gasteiger partial charge is 0.416 e. The van der Waals surface area contributed by atoms with Crippen LogP contribution in [0.15, 0.2) is 41.8 Å². The fraction of sp³-hybridized carbons (Fsp3) is 0.0769. The van der Waals surface area contributed by atoms with Gasteiger partial charge in [-0.2, -0.15) is 13.2 Å². The lowest BCUT2D eigenvalue weighted by atomic mass is 10.1. The average molecular weight is 345 g/mol. The Morgan fingerprint density at radius 3 is 2.61 bits per heavy atom. The molecule has 2 rings (SSSR count). The summed E-state index contributed by atoms with van der Waals surface area (Å²) < 4.78 is 37.7. The van der Waals surface area contributed by atoms with E-state index >= 15 is 0 Å². The van der Waals surface area contributed by atoms with E-state index in [9.17, 15) is 18.0 Å². The number of oxime groups is 1. The molecule has 0 aliphatic rings. The standard InChI is InChI=1S/C13H8ClF3N4O2/c14-10-9(19-4-5-20-10)11(18)21-23-12(22)7-2-1-3-8(6-7)13(15,16)17/h1-6H,(H2,18,21). The van der Waals surface area contributed by atoms with Crippen LogP contribution in [0.25, 0.3) is 0 Å². The van der Waals surface area contributed by atoms with Gasteiger partial charge in [-0.3, -0.25) is 0 Å². The number of rotatable bonds is 3. The van der Waals surface area contributed by atoms with Crippen LogP contribution in [-0.4, -0.2) is 21.8 Å². The smallest absolute Gasteiger partial charge is 0.379 e. The lowest BCUT2D eigenvalue weighted by molar-refractivity contribution is -0.137. The number of amidine groups is 1. The topological polar surface area (TPSA) is 90.5 Å². The molecule has 23 heavy (non-hydrogen) atoms. The third kappa shape index (κ3) is 4.16. The van der Waals surface area contributed by atoms with Gasteiger partial charge in [-0.1, -0.05) is 22.8 Å². The molecule has 0 radical (unpaired) electrons. The molecule has 0 amide bonds. The predicted molar refractivity (Wildman–Crippen MR) is 74.6 cm³/mol. The Bertz CT molecular complexity index is 765. The van der Waals surface area contributed by atoms with E-state index in [-0.39, 0.29) is 22.2 Å². The van der Waals surface area contributed by atoms with Gasteiger partial charge in [0.25, 0.3) is 0 Å². The maximum atomic E-state index is 12.6. The number of aromatic nitrogens is 2. The summed E-state index contributed by atoms with van der Waals surface area (Å²) in [7, 11) is 0. The Hall–Kier alpha value is -2.68. The summed E-state index contributed by atoms with van der Waals surface area (Å²) in [6.07, 6.45) is -1.97. The monoisotopic (exact) mass is 344 g/mol. The summed E-state index contributed by atoms with van der Waals surface area (Å²) in [5, 5.41) is 3.23. The molecule has 0 fully saturated rings. The van der Waals surface area contributed by atoms with Crippen LogP contribution >= 0.6 is 11.6 Å². The number of halogens is 4. The zero-order chi connectivity index (χ0) is 17.0. The van der Waals surface area contributed by atoms with Gasteiger partial charge < -0.3 is 10.6 Å². The van der Waals surface area contributed by atoms with Gasteiger partial charge in [0.1, 0.15) is 5.69 Å². The van der Waals surface area contributed by atoms with E-state index in [1.165, 1.54) is 12.4 Å². The van der Waals surface area contributed by atoms with Crippen LogP contribution < -0.4 is 5.73 Å². The minimum atomic E-state index is -4.58. The lowest BCUT2D eigenvalue weighted by Gasteiger charge is -2.07. The molecular weight excluding hydrogens is 337 g/mol. The Morgan fingerprint density at radius 1 is 1.26 bits per heavy atom. The fourth-order valence-corrected chi connectivity index (χ4v) is 1.70. The van der Waals surface area contributed by atoms with E-state index in [1.807, 2.05) is 0 Å². The number of benzene rings is 1. The average Bonchev–Trinajstić information content (AvgIpc) is 2.52. The highest BCUT2D eigenvalue weighted by Gasteiger charge is 2.31. The van der Waals surface area contributed by atoms with Gasteiger partial charge in [0.15, 0.2) is 11.0 Å². The zero-order valence-electron chi connectivity index (χ0n) is 11.2. The number of hydrogen-bond donors (Lipinski definition) is 1. The van der Waals surface area contributed by atoms with Gasteiger partial charge in [0, 0.05) is 12.4 Å². The molecule has 1 heterocycles. The van der Waals surface area contributed by atoms with Crippen molar-refractivity contribution in [2.75, 3.05) is 0 Å². The molecular formula is C13H8ClF3N4O2. The highest BCUT2D eigenvalue weighted by atomic mass is 35.5. The summed E-state index contributed by atoms with van der Waals surface area (Å²) in [6.45, 7) is 0. The quantitative estimate of drug-likeness (QED) is 0.400. The van der Waals surface area contributed by atoms with Crippen molar-refractivity contribution in [2.45, 2.75) is 6.18 Å². The number of hydrogen-bond acceptors (Lipinski definition) is 5. The maximum Gasteiger partial charge on any atom is 0.416 e. The van der Waals surface area contributed by atoms with E-state index in [1.54, 1.807) is 0 Å². The van der Waals surface area contributed by atoms with Crippen LogP contribution in [0, 0.1) is 0 Å². The molecule has 10 heteroatoms. The van der Waals surface area contributed by atoms with Gasteiger partial charge in [-0.05, 0) is 18.2 Å². The molecule has 0 aliphatic heterocycles. The molecule has 1 aromatic carbocycles. The molecule has 0 saturated heterocycles. The molecule has 0 unspecified atom stereocenters.